The first-order valence-corrected chi connectivity index (χ1v) is 8.19. The number of halogens is 1. The molecule has 0 bridgehead atoms. The van der Waals surface area contributed by atoms with E-state index in [0.717, 1.165) is 4.31 Å². The lowest BCUT2D eigenvalue weighted by Crippen LogP contribution is -2.40. The van der Waals surface area contributed by atoms with Crippen molar-refractivity contribution in [2.24, 2.45) is 0 Å². The summed E-state index contributed by atoms with van der Waals surface area (Å²) < 4.78 is 32.0. The summed E-state index contributed by atoms with van der Waals surface area (Å²) >= 11 is 3.22. The number of hydrogen-bond acceptors (Lipinski definition) is 4. The number of carbonyl (C=O) groups is 1. The molecule has 0 unspecified atom stereocenters. The zero-order chi connectivity index (χ0) is 14.9. The van der Waals surface area contributed by atoms with Crippen LogP contribution in [0, 0.1) is 0 Å². The van der Waals surface area contributed by atoms with Gasteiger partial charge in [-0.3, -0.25) is 4.79 Å². The number of carboxylic acids is 1. The van der Waals surface area contributed by atoms with Crippen molar-refractivity contribution in [3.05, 3.63) is 22.7 Å². The molecule has 1 atom stereocenters. The van der Waals surface area contributed by atoms with Crippen LogP contribution in [0.4, 0.5) is 0 Å². The molecule has 0 aromatic heterocycles. The van der Waals surface area contributed by atoms with E-state index in [9.17, 15) is 13.2 Å². The number of carboxylic acid groups (broad SMARTS) is 1. The zero-order valence-corrected chi connectivity index (χ0v) is 13.1. The third kappa shape index (κ3) is 2.68. The van der Waals surface area contributed by atoms with Crippen molar-refractivity contribution in [1.82, 2.24) is 4.31 Å². The van der Waals surface area contributed by atoms with Crippen LogP contribution in [0.25, 0.3) is 0 Å². The molecule has 6 nitrogen and oxygen atoms in total. The first-order chi connectivity index (χ1) is 9.37. The summed E-state index contributed by atoms with van der Waals surface area (Å²) in [5.41, 5.74) is 0. The van der Waals surface area contributed by atoms with Gasteiger partial charge in [-0.05, 0) is 31.0 Å². The number of rotatable bonds is 4. The minimum absolute atomic E-state index is 0.0254. The largest absolute Gasteiger partial charge is 0.495 e. The van der Waals surface area contributed by atoms with Crippen LogP contribution in [0.5, 0.6) is 5.75 Å². The molecule has 1 aliphatic rings. The maximum absolute atomic E-state index is 12.6. The van der Waals surface area contributed by atoms with Crippen molar-refractivity contribution in [3.8, 4) is 5.75 Å². The van der Waals surface area contributed by atoms with Crippen LogP contribution in [0.1, 0.15) is 12.8 Å². The topological polar surface area (TPSA) is 83.9 Å². The van der Waals surface area contributed by atoms with E-state index in [2.05, 4.69) is 15.9 Å². The van der Waals surface area contributed by atoms with Crippen molar-refractivity contribution >= 4 is 31.9 Å². The molecule has 1 aromatic rings. The lowest BCUT2D eigenvalue weighted by Gasteiger charge is -2.22. The van der Waals surface area contributed by atoms with Crippen LogP contribution in [0.2, 0.25) is 0 Å². The molecular formula is C12H14BrNO5S. The predicted molar refractivity (Wildman–Crippen MR) is 75.2 cm³/mol. The Morgan fingerprint density at radius 1 is 1.50 bits per heavy atom. The molecule has 0 radical (unpaired) electrons. The van der Waals surface area contributed by atoms with Crippen LogP contribution in [-0.2, 0) is 14.8 Å². The van der Waals surface area contributed by atoms with E-state index in [4.69, 9.17) is 9.84 Å². The van der Waals surface area contributed by atoms with Gasteiger partial charge in [0.15, 0.2) is 0 Å². The highest BCUT2D eigenvalue weighted by Crippen LogP contribution is 2.33. The Balaban J connectivity index is 2.50. The monoisotopic (exact) mass is 363 g/mol. The minimum Gasteiger partial charge on any atom is -0.495 e. The summed E-state index contributed by atoms with van der Waals surface area (Å²) in [6.07, 6.45) is 0.859. The number of benzene rings is 1. The number of ether oxygens (including phenoxy) is 1. The van der Waals surface area contributed by atoms with Gasteiger partial charge in [0.05, 0.1) is 7.11 Å². The second-order valence-electron chi connectivity index (χ2n) is 4.41. The molecular weight excluding hydrogens is 350 g/mol. The molecule has 1 aliphatic heterocycles. The molecule has 1 aromatic carbocycles. The molecule has 0 saturated carbocycles. The fourth-order valence-electron chi connectivity index (χ4n) is 2.25. The molecule has 1 heterocycles. The van der Waals surface area contributed by atoms with E-state index in [1.54, 1.807) is 6.07 Å². The Hall–Kier alpha value is -1.12. The van der Waals surface area contributed by atoms with Gasteiger partial charge in [0.2, 0.25) is 10.0 Å². The number of hydrogen-bond donors (Lipinski definition) is 1. The molecule has 0 amide bonds. The molecule has 0 aliphatic carbocycles. The van der Waals surface area contributed by atoms with Crippen LogP contribution >= 0.6 is 15.9 Å². The van der Waals surface area contributed by atoms with Gasteiger partial charge in [-0.15, -0.1) is 0 Å². The van der Waals surface area contributed by atoms with Gasteiger partial charge in [-0.1, -0.05) is 15.9 Å². The maximum Gasteiger partial charge on any atom is 0.322 e. The Kier molecular flexibility index (Phi) is 4.36. The van der Waals surface area contributed by atoms with E-state index in [1.807, 2.05) is 0 Å². The van der Waals surface area contributed by atoms with E-state index in [0.29, 0.717) is 17.3 Å². The molecule has 8 heteroatoms. The van der Waals surface area contributed by atoms with Gasteiger partial charge in [0, 0.05) is 11.0 Å². The van der Waals surface area contributed by atoms with Gasteiger partial charge < -0.3 is 9.84 Å². The summed E-state index contributed by atoms with van der Waals surface area (Å²) in [6, 6.07) is 3.61. The SMILES string of the molecule is COc1ccc(Br)cc1S(=O)(=O)N1CCC[C@H]1C(=O)O. The van der Waals surface area contributed by atoms with E-state index < -0.39 is 22.0 Å². The Labute approximate surface area is 125 Å². The third-order valence-electron chi connectivity index (χ3n) is 3.20. The van der Waals surface area contributed by atoms with Crippen molar-refractivity contribution in [2.75, 3.05) is 13.7 Å². The van der Waals surface area contributed by atoms with Gasteiger partial charge in [-0.2, -0.15) is 4.31 Å². The lowest BCUT2D eigenvalue weighted by molar-refractivity contribution is -0.140. The number of aliphatic carboxylic acids is 1. The molecule has 1 N–H and O–H groups in total. The molecule has 1 fully saturated rings. The average molecular weight is 364 g/mol. The average Bonchev–Trinajstić information content (AvgIpc) is 2.88. The smallest absolute Gasteiger partial charge is 0.322 e. The van der Waals surface area contributed by atoms with Crippen molar-refractivity contribution in [2.45, 2.75) is 23.8 Å². The summed E-state index contributed by atoms with van der Waals surface area (Å²) in [4.78, 5) is 11.1. The van der Waals surface area contributed by atoms with Crippen LogP contribution in [-0.4, -0.2) is 43.5 Å². The Morgan fingerprint density at radius 2 is 2.20 bits per heavy atom. The maximum atomic E-state index is 12.6. The van der Waals surface area contributed by atoms with Gasteiger partial charge in [-0.25, -0.2) is 8.42 Å². The first kappa shape index (κ1) is 15.3. The summed E-state index contributed by atoms with van der Waals surface area (Å²) in [5, 5.41) is 9.13. The molecule has 0 spiro atoms. The highest BCUT2D eigenvalue weighted by atomic mass is 79.9. The highest BCUT2D eigenvalue weighted by molar-refractivity contribution is 9.10. The lowest BCUT2D eigenvalue weighted by atomic mass is 10.2. The van der Waals surface area contributed by atoms with E-state index >= 15 is 0 Å². The third-order valence-corrected chi connectivity index (χ3v) is 5.62. The van der Waals surface area contributed by atoms with Crippen LogP contribution < -0.4 is 4.74 Å². The molecule has 1 saturated heterocycles. The normalized spacial score (nSPS) is 20.0. The quantitative estimate of drug-likeness (QED) is 0.879. The van der Waals surface area contributed by atoms with Crippen molar-refractivity contribution in [3.63, 3.8) is 0 Å². The highest BCUT2D eigenvalue weighted by Gasteiger charge is 2.40. The van der Waals surface area contributed by atoms with Gasteiger partial charge in [0.25, 0.3) is 0 Å². The van der Waals surface area contributed by atoms with Crippen LogP contribution in [0.15, 0.2) is 27.6 Å². The molecule has 20 heavy (non-hydrogen) atoms. The second kappa shape index (κ2) is 5.71. The summed E-state index contributed by atoms with van der Waals surface area (Å²) in [7, 11) is -2.52. The van der Waals surface area contributed by atoms with Crippen molar-refractivity contribution < 1.29 is 23.1 Å². The Bertz CT molecular complexity index is 631. The van der Waals surface area contributed by atoms with Crippen molar-refractivity contribution in [1.29, 1.82) is 0 Å². The van der Waals surface area contributed by atoms with Gasteiger partial charge in [0.1, 0.15) is 16.7 Å². The minimum atomic E-state index is -3.90. The predicted octanol–water partition coefficient (Wildman–Crippen LogP) is 1.70. The second-order valence-corrected chi connectivity index (χ2v) is 7.18. The fourth-order valence-corrected chi connectivity index (χ4v) is 4.60. The fraction of sp³-hybridized carbons (Fsp3) is 0.417. The molecule has 2 rings (SSSR count). The molecule has 110 valence electrons. The zero-order valence-electron chi connectivity index (χ0n) is 10.7. The number of methoxy groups -OCH3 is 1. The van der Waals surface area contributed by atoms with E-state index in [-0.39, 0.29) is 17.2 Å². The first-order valence-electron chi connectivity index (χ1n) is 5.96. The van der Waals surface area contributed by atoms with E-state index in [1.165, 1.54) is 19.2 Å². The summed E-state index contributed by atoms with van der Waals surface area (Å²) in [5.74, 6) is -0.927. The summed E-state index contributed by atoms with van der Waals surface area (Å²) in [6.45, 7) is 0.203. The standard InChI is InChI=1S/C12H14BrNO5S/c1-19-10-5-4-8(13)7-11(10)20(17,18)14-6-2-3-9(14)12(15)16/h4-5,7,9H,2-3,6H2,1H3,(H,15,16)/t9-/m0/s1. The number of sulfonamides is 1. The van der Waals surface area contributed by atoms with Gasteiger partial charge >= 0.3 is 5.97 Å². The number of nitrogens with zero attached hydrogens (tertiary/aromatic N) is 1. The van der Waals surface area contributed by atoms with Crippen LogP contribution in [0.3, 0.4) is 0 Å². The Morgan fingerprint density at radius 3 is 2.80 bits per heavy atom.